The number of nitrogens with zero attached hydrogens (tertiary/aromatic N) is 1. The van der Waals surface area contributed by atoms with E-state index in [2.05, 4.69) is 21.9 Å². The number of alkyl halides is 3. The summed E-state index contributed by atoms with van der Waals surface area (Å²) in [5, 5.41) is 3.30. The molecule has 0 bridgehead atoms. The molecule has 1 saturated heterocycles. The van der Waals surface area contributed by atoms with Gasteiger partial charge in [-0.15, -0.1) is 13.2 Å². The van der Waals surface area contributed by atoms with Gasteiger partial charge in [0.15, 0.2) is 0 Å². The summed E-state index contributed by atoms with van der Waals surface area (Å²) in [6.07, 6.45) is -4.65. The number of nitrogens with one attached hydrogen (secondary N) is 1. The van der Waals surface area contributed by atoms with Crippen LogP contribution >= 0.6 is 0 Å². The van der Waals surface area contributed by atoms with Crippen LogP contribution in [-0.2, 0) is 6.54 Å². The van der Waals surface area contributed by atoms with Crippen LogP contribution in [0.1, 0.15) is 12.5 Å². The minimum Gasteiger partial charge on any atom is -0.405 e. The lowest BCUT2D eigenvalue weighted by molar-refractivity contribution is -0.275. The Morgan fingerprint density at radius 3 is 2.79 bits per heavy atom. The molecule has 3 nitrogen and oxygen atoms in total. The van der Waals surface area contributed by atoms with Gasteiger partial charge in [-0.2, -0.15) is 0 Å². The van der Waals surface area contributed by atoms with E-state index < -0.39 is 6.36 Å². The standard InChI is InChI=1S/C13H17F3N2O/c1-10-8-18(7-6-17-10)9-11-4-2-3-5-12(11)19-13(14,15)16/h2-5,10,17H,6-9H2,1H3/t10-/m0/s1. The predicted molar refractivity (Wildman–Crippen MR) is 65.9 cm³/mol. The van der Waals surface area contributed by atoms with Crippen LogP contribution < -0.4 is 10.1 Å². The van der Waals surface area contributed by atoms with Crippen molar-refractivity contribution in [2.24, 2.45) is 0 Å². The summed E-state index contributed by atoms with van der Waals surface area (Å²) in [7, 11) is 0. The number of para-hydroxylation sites is 1. The lowest BCUT2D eigenvalue weighted by Gasteiger charge is -2.32. The van der Waals surface area contributed by atoms with Gasteiger partial charge >= 0.3 is 6.36 Å². The average Bonchev–Trinajstić information content (AvgIpc) is 2.30. The topological polar surface area (TPSA) is 24.5 Å². The van der Waals surface area contributed by atoms with Crippen LogP contribution in [0.4, 0.5) is 13.2 Å². The minimum absolute atomic E-state index is 0.110. The van der Waals surface area contributed by atoms with Crippen molar-refractivity contribution >= 4 is 0 Å². The molecule has 2 rings (SSSR count). The van der Waals surface area contributed by atoms with E-state index in [4.69, 9.17) is 0 Å². The molecular weight excluding hydrogens is 257 g/mol. The molecule has 1 N–H and O–H groups in total. The predicted octanol–water partition coefficient (Wildman–Crippen LogP) is 2.38. The molecule has 6 heteroatoms. The van der Waals surface area contributed by atoms with Gasteiger partial charge in [0, 0.05) is 37.8 Å². The largest absolute Gasteiger partial charge is 0.573 e. The van der Waals surface area contributed by atoms with Crippen molar-refractivity contribution in [2.75, 3.05) is 19.6 Å². The Morgan fingerprint density at radius 1 is 1.37 bits per heavy atom. The Hall–Kier alpha value is -1.27. The van der Waals surface area contributed by atoms with Crippen molar-refractivity contribution in [1.29, 1.82) is 0 Å². The van der Waals surface area contributed by atoms with Crippen molar-refractivity contribution in [3.63, 3.8) is 0 Å². The second-order valence-electron chi connectivity index (χ2n) is 4.75. The molecule has 0 unspecified atom stereocenters. The van der Waals surface area contributed by atoms with E-state index in [0.29, 0.717) is 18.2 Å². The van der Waals surface area contributed by atoms with Crippen LogP contribution in [0.25, 0.3) is 0 Å². The van der Waals surface area contributed by atoms with Gasteiger partial charge in [0.25, 0.3) is 0 Å². The molecule has 1 aromatic rings. The monoisotopic (exact) mass is 274 g/mol. The van der Waals surface area contributed by atoms with E-state index in [-0.39, 0.29) is 5.75 Å². The zero-order chi connectivity index (χ0) is 13.9. The summed E-state index contributed by atoms with van der Waals surface area (Å²) in [5.41, 5.74) is 0.564. The van der Waals surface area contributed by atoms with Crippen LogP contribution in [0.5, 0.6) is 5.75 Å². The van der Waals surface area contributed by atoms with E-state index in [1.54, 1.807) is 18.2 Å². The fourth-order valence-corrected chi connectivity index (χ4v) is 2.26. The number of halogens is 3. The van der Waals surface area contributed by atoms with Crippen molar-refractivity contribution in [3.8, 4) is 5.75 Å². The van der Waals surface area contributed by atoms with E-state index in [9.17, 15) is 13.2 Å². The molecule has 0 aromatic heterocycles. The Morgan fingerprint density at radius 2 is 2.11 bits per heavy atom. The Kier molecular flexibility index (Phi) is 4.31. The SMILES string of the molecule is C[C@H]1CN(Cc2ccccc2OC(F)(F)F)CCN1. The fourth-order valence-electron chi connectivity index (χ4n) is 2.26. The number of hydrogen-bond donors (Lipinski definition) is 1. The highest BCUT2D eigenvalue weighted by Gasteiger charge is 2.32. The van der Waals surface area contributed by atoms with Gasteiger partial charge in [0.05, 0.1) is 0 Å². The number of ether oxygens (including phenoxy) is 1. The summed E-state index contributed by atoms with van der Waals surface area (Å²) in [6, 6.07) is 6.65. The molecule has 1 heterocycles. The summed E-state index contributed by atoms with van der Waals surface area (Å²) in [6.45, 7) is 5.02. The third-order valence-electron chi connectivity index (χ3n) is 3.05. The van der Waals surface area contributed by atoms with Crippen molar-refractivity contribution in [3.05, 3.63) is 29.8 Å². The zero-order valence-electron chi connectivity index (χ0n) is 10.7. The maximum Gasteiger partial charge on any atom is 0.573 e. The van der Waals surface area contributed by atoms with Crippen LogP contribution in [0.2, 0.25) is 0 Å². The highest BCUT2D eigenvalue weighted by atomic mass is 19.4. The first-order chi connectivity index (χ1) is 8.94. The van der Waals surface area contributed by atoms with Crippen LogP contribution in [0.15, 0.2) is 24.3 Å². The average molecular weight is 274 g/mol. The van der Waals surface area contributed by atoms with Gasteiger partial charge in [-0.3, -0.25) is 4.90 Å². The Bertz CT molecular complexity index is 423. The quantitative estimate of drug-likeness (QED) is 0.916. The first-order valence-electron chi connectivity index (χ1n) is 6.23. The van der Waals surface area contributed by atoms with Gasteiger partial charge in [0.1, 0.15) is 5.75 Å². The van der Waals surface area contributed by atoms with Crippen molar-refractivity contribution in [2.45, 2.75) is 25.9 Å². The van der Waals surface area contributed by atoms with Crippen LogP contribution in [0, 0.1) is 0 Å². The van der Waals surface area contributed by atoms with Crippen molar-refractivity contribution in [1.82, 2.24) is 10.2 Å². The molecule has 1 aliphatic rings. The third-order valence-corrected chi connectivity index (χ3v) is 3.05. The van der Waals surface area contributed by atoms with Gasteiger partial charge in [-0.25, -0.2) is 0 Å². The first kappa shape index (κ1) is 14.1. The first-order valence-corrected chi connectivity index (χ1v) is 6.23. The van der Waals surface area contributed by atoms with Gasteiger partial charge < -0.3 is 10.1 Å². The molecule has 1 atom stereocenters. The number of hydrogen-bond acceptors (Lipinski definition) is 3. The molecule has 1 aliphatic heterocycles. The lowest BCUT2D eigenvalue weighted by Crippen LogP contribution is -2.48. The Balaban J connectivity index is 2.07. The summed E-state index contributed by atoms with van der Waals surface area (Å²) in [5.74, 6) is -0.110. The van der Waals surface area contributed by atoms with E-state index in [1.807, 2.05) is 0 Å². The molecular formula is C13H17F3N2O. The number of benzene rings is 1. The van der Waals surface area contributed by atoms with Crippen LogP contribution in [-0.4, -0.2) is 36.9 Å². The maximum absolute atomic E-state index is 12.3. The zero-order valence-corrected chi connectivity index (χ0v) is 10.7. The molecule has 0 radical (unpaired) electrons. The molecule has 0 saturated carbocycles. The van der Waals surface area contributed by atoms with Crippen LogP contribution in [0.3, 0.4) is 0 Å². The molecule has 0 spiro atoms. The fraction of sp³-hybridized carbons (Fsp3) is 0.538. The molecule has 1 fully saturated rings. The second-order valence-corrected chi connectivity index (χ2v) is 4.75. The van der Waals surface area contributed by atoms with E-state index in [1.165, 1.54) is 6.07 Å². The molecule has 1 aromatic carbocycles. The highest BCUT2D eigenvalue weighted by Crippen LogP contribution is 2.27. The molecule has 19 heavy (non-hydrogen) atoms. The number of piperazine rings is 1. The van der Waals surface area contributed by atoms with Crippen molar-refractivity contribution < 1.29 is 17.9 Å². The molecule has 0 amide bonds. The summed E-state index contributed by atoms with van der Waals surface area (Å²) < 4.78 is 41.0. The summed E-state index contributed by atoms with van der Waals surface area (Å²) >= 11 is 0. The maximum atomic E-state index is 12.3. The highest BCUT2D eigenvalue weighted by molar-refractivity contribution is 5.33. The molecule has 0 aliphatic carbocycles. The number of rotatable bonds is 3. The summed E-state index contributed by atoms with van der Waals surface area (Å²) in [4.78, 5) is 2.12. The van der Waals surface area contributed by atoms with Gasteiger partial charge in [-0.1, -0.05) is 18.2 Å². The van der Waals surface area contributed by atoms with Gasteiger partial charge in [0.2, 0.25) is 0 Å². The third kappa shape index (κ3) is 4.40. The van der Waals surface area contributed by atoms with E-state index in [0.717, 1.165) is 19.6 Å². The smallest absolute Gasteiger partial charge is 0.405 e. The minimum atomic E-state index is -4.65. The molecule has 106 valence electrons. The Labute approximate surface area is 110 Å². The van der Waals surface area contributed by atoms with Gasteiger partial charge in [-0.05, 0) is 13.0 Å². The second kappa shape index (κ2) is 5.79. The van der Waals surface area contributed by atoms with E-state index >= 15 is 0 Å². The normalized spacial score (nSPS) is 21.4. The lowest BCUT2D eigenvalue weighted by atomic mass is 10.1.